The minimum atomic E-state index is -1.05. The van der Waals surface area contributed by atoms with E-state index in [1.165, 1.54) is 11.8 Å². The minimum absolute atomic E-state index is 0.0268. The number of anilines is 1. The Morgan fingerprint density at radius 1 is 1.21 bits per heavy atom. The van der Waals surface area contributed by atoms with Gasteiger partial charge in [0.25, 0.3) is 0 Å². The molecule has 2 fully saturated rings. The normalized spacial score (nSPS) is 26.2. The van der Waals surface area contributed by atoms with Gasteiger partial charge < -0.3 is 14.7 Å². The van der Waals surface area contributed by atoms with Gasteiger partial charge in [-0.2, -0.15) is 0 Å². The summed E-state index contributed by atoms with van der Waals surface area (Å²) in [7, 11) is 0. The van der Waals surface area contributed by atoms with Crippen LogP contribution >= 0.6 is 0 Å². The van der Waals surface area contributed by atoms with E-state index in [0.717, 1.165) is 32.0 Å². The molecule has 0 bridgehead atoms. The Balaban J connectivity index is 1.64. The predicted molar refractivity (Wildman–Crippen MR) is 88.2 cm³/mol. The first-order valence-electron chi connectivity index (χ1n) is 8.18. The van der Waals surface area contributed by atoms with Gasteiger partial charge in [0.15, 0.2) is 5.69 Å². The van der Waals surface area contributed by atoms with Crippen LogP contribution in [0.2, 0.25) is 0 Å². The maximum atomic E-state index is 11.0. The summed E-state index contributed by atoms with van der Waals surface area (Å²) < 4.78 is 5.73. The maximum absolute atomic E-state index is 11.0. The fraction of sp³-hybridized carbons (Fsp3) is 0.389. The fourth-order valence-corrected chi connectivity index (χ4v) is 3.90. The summed E-state index contributed by atoms with van der Waals surface area (Å²) in [5, 5.41) is 8.99. The molecule has 2 aromatic rings. The number of aromatic carboxylic acids is 1. The molecule has 2 saturated heterocycles. The van der Waals surface area contributed by atoms with E-state index in [1.54, 1.807) is 6.20 Å². The van der Waals surface area contributed by atoms with Gasteiger partial charge in [0, 0.05) is 31.0 Å². The predicted octanol–water partition coefficient (Wildman–Crippen LogP) is 2.18. The van der Waals surface area contributed by atoms with Gasteiger partial charge in [0.05, 0.1) is 19.0 Å². The van der Waals surface area contributed by atoms with Crippen molar-refractivity contribution in [2.45, 2.75) is 18.4 Å². The molecule has 4 rings (SSSR count). The molecule has 0 saturated carbocycles. The average Bonchev–Trinajstić information content (AvgIpc) is 3.02. The van der Waals surface area contributed by atoms with E-state index in [0.29, 0.717) is 17.9 Å². The van der Waals surface area contributed by atoms with E-state index < -0.39 is 5.97 Å². The molecule has 3 unspecified atom stereocenters. The van der Waals surface area contributed by atoms with Gasteiger partial charge in [-0.15, -0.1) is 0 Å². The second kappa shape index (κ2) is 6.20. The van der Waals surface area contributed by atoms with Gasteiger partial charge in [-0.3, -0.25) is 0 Å². The number of carboxylic acid groups (broad SMARTS) is 1. The lowest BCUT2D eigenvalue weighted by Gasteiger charge is -2.32. The summed E-state index contributed by atoms with van der Waals surface area (Å²) in [5.74, 6) is 0.497. The molecule has 0 spiro atoms. The van der Waals surface area contributed by atoms with Crippen LogP contribution in [-0.2, 0) is 4.74 Å². The number of rotatable bonds is 3. The SMILES string of the molecule is O=C(O)c1cnc(N2CC(c3ccccc3)C3COCCC32)cn1. The molecule has 0 aliphatic carbocycles. The molecule has 6 nitrogen and oxygen atoms in total. The second-order valence-corrected chi connectivity index (χ2v) is 6.33. The summed E-state index contributed by atoms with van der Waals surface area (Å²) in [6, 6.07) is 10.9. The van der Waals surface area contributed by atoms with Crippen LogP contribution in [-0.4, -0.2) is 46.8 Å². The van der Waals surface area contributed by atoms with Gasteiger partial charge in [0.1, 0.15) is 5.82 Å². The molecule has 2 aliphatic heterocycles. The molecule has 3 heterocycles. The lowest BCUT2D eigenvalue weighted by Crippen LogP contribution is -2.39. The van der Waals surface area contributed by atoms with Gasteiger partial charge in [-0.25, -0.2) is 14.8 Å². The highest BCUT2D eigenvalue weighted by molar-refractivity contribution is 5.84. The molecule has 1 aromatic heterocycles. The van der Waals surface area contributed by atoms with E-state index in [2.05, 4.69) is 39.1 Å². The fourth-order valence-electron chi connectivity index (χ4n) is 3.90. The molecule has 124 valence electrons. The lowest BCUT2D eigenvalue weighted by molar-refractivity contribution is 0.0461. The van der Waals surface area contributed by atoms with Gasteiger partial charge in [-0.05, 0) is 12.0 Å². The van der Waals surface area contributed by atoms with Crippen LogP contribution in [0.1, 0.15) is 28.4 Å². The average molecular weight is 325 g/mol. The number of fused-ring (bicyclic) bond motifs is 1. The third kappa shape index (κ3) is 2.63. The quantitative estimate of drug-likeness (QED) is 0.932. The van der Waals surface area contributed by atoms with Crippen molar-refractivity contribution < 1.29 is 14.6 Å². The Hall–Kier alpha value is -2.47. The van der Waals surface area contributed by atoms with Crippen molar-refractivity contribution >= 4 is 11.8 Å². The van der Waals surface area contributed by atoms with Crippen LogP contribution < -0.4 is 4.90 Å². The summed E-state index contributed by atoms with van der Waals surface area (Å²) in [4.78, 5) is 21.6. The Kier molecular flexibility index (Phi) is 3.90. The Morgan fingerprint density at radius 3 is 2.75 bits per heavy atom. The smallest absolute Gasteiger partial charge is 0.356 e. The Bertz CT molecular complexity index is 720. The number of nitrogens with zero attached hydrogens (tertiary/aromatic N) is 3. The molecule has 3 atom stereocenters. The van der Waals surface area contributed by atoms with Crippen LogP contribution in [0, 0.1) is 5.92 Å². The third-order valence-electron chi connectivity index (χ3n) is 5.05. The zero-order chi connectivity index (χ0) is 16.5. The van der Waals surface area contributed by atoms with Crippen molar-refractivity contribution in [2.75, 3.05) is 24.7 Å². The molecule has 2 aliphatic rings. The number of hydrogen-bond donors (Lipinski definition) is 1. The number of ether oxygens (including phenoxy) is 1. The van der Waals surface area contributed by atoms with Crippen LogP contribution in [0.4, 0.5) is 5.82 Å². The second-order valence-electron chi connectivity index (χ2n) is 6.33. The first-order chi connectivity index (χ1) is 11.7. The number of aromatic nitrogens is 2. The standard InChI is InChI=1S/C18H19N3O3/c22-18(23)15-8-20-17(9-19-15)21-10-13(12-4-2-1-3-5-12)14-11-24-7-6-16(14)21/h1-5,8-9,13-14,16H,6-7,10-11H2,(H,22,23). The minimum Gasteiger partial charge on any atom is -0.476 e. The van der Waals surface area contributed by atoms with Crippen molar-refractivity contribution in [3.8, 4) is 0 Å². The number of hydrogen-bond acceptors (Lipinski definition) is 5. The highest BCUT2D eigenvalue weighted by Gasteiger charge is 2.44. The molecule has 24 heavy (non-hydrogen) atoms. The topological polar surface area (TPSA) is 75.5 Å². The maximum Gasteiger partial charge on any atom is 0.356 e. The molecule has 0 amide bonds. The van der Waals surface area contributed by atoms with E-state index in [9.17, 15) is 4.79 Å². The Morgan fingerprint density at radius 2 is 2.04 bits per heavy atom. The van der Waals surface area contributed by atoms with Crippen LogP contribution in [0.15, 0.2) is 42.7 Å². The van der Waals surface area contributed by atoms with Gasteiger partial charge >= 0.3 is 5.97 Å². The van der Waals surface area contributed by atoms with E-state index in [1.807, 2.05) is 6.07 Å². The van der Waals surface area contributed by atoms with Crippen molar-refractivity contribution in [3.05, 3.63) is 54.0 Å². The Labute approximate surface area is 140 Å². The third-order valence-corrected chi connectivity index (χ3v) is 5.05. The van der Waals surface area contributed by atoms with E-state index >= 15 is 0 Å². The van der Waals surface area contributed by atoms with E-state index in [-0.39, 0.29) is 5.69 Å². The van der Waals surface area contributed by atoms with Crippen molar-refractivity contribution in [2.24, 2.45) is 5.92 Å². The summed E-state index contributed by atoms with van der Waals surface area (Å²) in [6.07, 6.45) is 3.86. The van der Waals surface area contributed by atoms with Crippen molar-refractivity contribution in [1.82, 2.24) is 9.97 Å². The number of carboxylic acids is 1. The molecular formula is C18H19N3O3. The van der Waals surface area contributed by atoms with Crippen LogP contribution in [0.5, 0.6) is 0 Å². The van der Waals surface area contributed by atoms with E-state index in [4.69, 9.17) is 9.84 Å². The molecule has 1 aromatic carbocycles. The summed E-state index contributed by atoms with van der Waals surface area (Å²) in [6.45, 7) is 2.35. The first-order valence-corrected chi connectivity index (χ1v) is 8.18. The van der Waals surface area contributed by atoms with Gasteiger partial charge in [0.2, 0.25) is 0 Å². The monoisotopic (exact) mass is 325 g/mol. The first kappa shape index (κ1) is 15.1. The van der Waals surface area contributed by atoms with Crippen molar-refractivity contribution in [3.63, 3.8) is 0 Å². The van der Waals surface area contributed by atoms with Crippen LogP contribution in [0.25, 0.3) is 0 Å². The number of carbonyl (C=O) groups is 1. The highest BCUT2D eigenvalue weighted by atomic mass is 16.5. The highest BCUT2D eigenvalue weighted by Crippen LogP contribution is 2.42. The summed E-state index contributed by atoms with van der Waals surface area (Å²) >= 11 is 0. The van der Waals surface area contributed by atoms with Crippen LogP contribution in [0.3, 0.4) is 0 Å². The number of benzene rings is 1. The summed E-state index contributed by atoms with van der Waals surface area (Å²) in [5.41, 5.74) is 1.29. The van der Waals surface area contributed by atoms with Crippen molar-refractivity contribution in [1.29, 1.82) is 0 Å². The van der Waals surface area contributed by atoms with Gasteiger partial charge in [-0.1, -0.05) is 30.3 Å². The lowest BCUT2D eigenvalue weighted by atomic mass is 9.84. The molecule has 6 heteroatoms. The molecular weight excluding hydrogens is 306 g/mol. The molecule has 0 radical (unpaired) electrons. The zero-order valence-corrected chi connectivity index (χ0v) is 13.2. The molecule has 1 N–H and O–H groups in total. The largest absolute Gasteiger partial charge is 0.476 e. The zero-order valence-electron chi connectivity index (χ0n) is 13.2.